The summed E-state index contributed by atoms with van der Waals surface area (Å²) in [4.78, 5) is 12.3. The number of benzene rings is 1. The van der Waals surface area contributed by atoms with E-state index in [0.29, 0.717) is 28.8 Å². The van der Waals surface area contributed by atoms with Gasteiger partial charge in [-0.1, -0.05) is 18.7 Å². The van der Waals surface area contributed by atoms with Crippen LogP contribution in [0.25, 0.3) is 0 Å². The third kappa shape index (κ3) is 4.21. The highest BCUT2D eigenvalue weighted by molar-refractivity contribution is 7.99. The van der Waals surface area contributed by atoms with Gasteiger partial charge in [0, 0.05) is 10.6 Å². The minimum Gasteiger partial charge on any atom is -0.325 e. The zero-order valence-electron chi connectivity index (χ0n) is 10.6. The molecule has 0 saturated heterocycles. The summed E-state index contributed by atoms with van der Waals surface area (Å²) in [5.41, 5.74) is -0.602. The highest BCUT2D eigenvalue weighted by Gasteiger charge is 2.31. The summed E-state index contributed by atoms with van der Waals surface area (Å²) in [7, 11) is 0. The molecule has 1 atom stereocenters. The number of hydrogen-bond donors (Lipinski definition) is 1. The number of amides is 1. The first-order valence-corrected chi connectivity index (χ1v) is 6.57. The molecule has 0 aliphatic rings. The Balaban J connectivity index is 2.74. The van der Waals surface area contributed by atoms with Gasteiger partial charge in [0.1, 0.15) is 5.41 Å². The summed E-state index contributed by atoms with van der Waals surface area (Å²) < 4.78 is 24.3. The van der Waals surface area contributed by atoms with Crippen LogP contribution in [0, 0.1) is 16.7 Å². The van der Waals surface area contributed by atoms with Crippen molar-refractivity contribution in [3.8, 4) is 6.07 Å². The second-order valence-electron chi connectivity index (χ2n) is 4.15. The van der Waals surface area contributed by atoms with Gasteiger partial charge in [-0.25, -0.2) is 0 Å². The summed E-state index contributed by atoms with van der Waals surface area (Å²) in [6, 6.07) is 8.05. The largest absolute Gasteiger partial charge is 0.325 e. The summed E-state index contributed by atoms with van der Waals surface area (Å²) in [5, 5.41) is 11.6. The van der Waals surface area contributed by atoms with Crippen molar-refractivity contribution in [3.05, 3.63) is 24.3 Å². The minimum atomic E-state index is -2.47. The minimum absolute atomic E-state index is 0.397. The van der Waals surface area contributed by atoms with Crippen molar-refractivity contribution in [2.75, 3.05) is 5.32 Å². The van der Waals surface area contributed by atoms with E-state index in [0.717, 1.165) is 0 Å². The molecule has 0 radical (unpaired) electrons. The lowest BCUT2D eigenvalue weighted by Gasteiger charge is -2.18. The number of nitrogens with zero attached hydrogens (tertiary/aromatic N) is 1. The fourth-order valence-corrected chi connectivity index (χ4v) is 1.78. The topological polar surface area (TPSA) is 52.9 Å². The lowest BCUT2D eigenvalue weighted by atomic mass is 9.88. The number of nitrogens with one attached hydrogen (secondary N) is 1. The second kappa shape index (κ2) is 6.53. The van der Waals surface area contributed by atoms with Crippen LogP contribution >= 0.6 is 11.8 Å². The van der Waals surface area contributed by atoms with Crippen LogP contribution in [-0.4, -0.2) is 11.7 Å². The Morgan fingerprint density at radius 1 is 1.47 bits per heavy atom. The van der Waals surface area contributed by atoms with E-state index in [-0.39, 0.29) is 0 Å². The molecule has 1 unspecified atom stereocenters. The van der Waals surface area contributed by atoms with Crippen molar-refractivity contribution in [3.63, 3.8) is 0 Å². The molecule has 0 saturated carbocycles. The summed E-state index contributed by atoms with van der Waals surface area (Å²) >= 11 is 0.442. The molecule has 0 heterocycles. The lowest BCUT2D eigenvalue weighted by molar-refractivity contribution is -0.122. The number of hydrogen-bond acceptors (Lipinski definition) is 3. The van der Waals surface area contributed by atoms with E-state index < -0.39 is 17.1 Å². The van der Waals surface area contributed by atoms with Crippen LogP contribution in [0.1, 0.15) is 20.3 Å². The van der Waals surface area contributed by atoms with Crippen LogP contribution in [-0.2, 0) is 4.79 Å². The zero-order chi connectivity index (χ0) is 14.5. The van der Waals surface area contributed by atoms with E-state index in [9.17, 15) is 13.6 Å². The number of halogens is 2. The van der Waals surface area contributed by atoms with Gasteiger partial charge in [0.2, 0.25) is 5.91 Å². The first-order chi connectivity index (χ1) is 8.91. The average Bonchev–Trinajstić information content (AvgIpc) is 2.39. The third-order valence-electron chi connectivity index (χ3n) is 2.79. The van der Waals surface area contributed by atoms with Crippen molar-refractivity contribution in [1.29, 1.82) is 5.26 Å². The molecule has 0 bridgehead atoms. The van der Waals surface area contributed by atoms with Crippen molar-refractivity contribution < 1.29 is 13.6 Å². The molecule has 3 nitrogen and oxygen atoms in total. The highest BCUT2D eigenvalue weighted by atomic mass is 32.2. The molecular weight excluding hydrogens is 270 g/mol. The van der Waals surface area contributed by atoms with E-state index in [4.69, 9.17) is 5.26 Å². The van der Waals surface area contributed by atoms with Gasteiger partial charge >= 0.3 is 0 Å². The van der Waals surface area contributed by atoms with Crippen LogP contribution in [0.2, 0.25) is 0 Å². The van der Waals surface area contributed by atoms with Crippen molar-refractivity contribution in [1.82, 2.24) is 0 Å². The monoisotopic (exact) mass is 284 g/mol. The van der Waals surface area contributed by atoms with Crippen LogP contribution in [0.4, 0.5) is 14.5 Å². The quantitative estimate of drug-likeness (QED) is 0.835. The third-order valence-corrected chi connectivity index (χ3v) is 3.51. The normalized spacial score (nSPS) is 13.7. The summed E-state index contributed by atoms with van der Waals surface area (Å²) in [6.45, 7) is 3.31. The molecular formula is C13H14F2N2OS. The van der Waals surface area contributed by atoms with E-state index in [2.05, 4.69) is 5.32 Å². The molecule has 1 rings (SSSR count). The Kier molecular flexibility index (Phi) is 5.31. The van der Waals surface area contributed by atoms with Gasteiger partial charge in [-0.15, -0.1) is 0 Å². The van der Waals surface area contributed by atoms with Gasteiger partial charge in [-0.2, -0.15) is 14.0 Å². The molecule has 1 N–H and O–H groups in total. The van der Waals surface area contributed by atoms with E-state index >= 15 is 0 Å². The van der Waals surface area contributed by atoms with E-state index in [1.807, 2.05) is 6.07 Å². The lowest BCUT2D eigenvalue weighted by Crippen LogP contribution is -2.31. The van der Waals surface area contributed by atoms with Gasteiger partial charge in [0.15, 0.2) is 0 Å². The SMILES string of the molecule is CCC(C)(C#N)C(=O)Nc1ccc(SC(F)F)cc1. The first-order valence-electron chi connectivity index (χ1n) is 5.69. The number of carbonyl (C=O) groups excluding carboxylic acids is 1. The Morgan fingerprint density at radius 3 is 2.47 bits per heavy atom. The van der Waals surface area contributed by atoms with Crippen molar-refractivity contribution in [2.45, 2.75) is 30.9 Å². The molecule has 0 aliphatic heterocycles. The number of thioether (sulfide) groups is 1. The smallest absolute Gasteiger partial charge is 0.288 e. The zero-order valence-corrected chi connectivity index (χ0v) is 11.4. The Bertz CT molecular complexity index is 484. The van der Waals surface area contributed by atoms with E-state index in [1.54, 1.807) is 13.8 Å². The second-order valence-corrected chi connectivity index (χ2v) is 5.22. The molecule has 1 aromatic rings. The molecule has 102 valence electrons. The molecule has 0 aliphatic carbocycles. The first kappa shape index (κ1) is 15.4. The van der Waals surface area contributed by atoms with Gasteiger partial charge in [-0.05, 0) is 37.6 Å². The maximum atomic E-state index is 12.1. The van der Waals surface area contributed by atoms with Gasteiger partial charge in [-0.3, -0.25) is 4.79 Å². The maximum absolute atomic E-state index is 12.1. The number of rotatable bonds is 5. The molecule has 19 heavy (non-hydrogen) atoms. The molecule has 0 aromatic heterocycles. The number of nitriles is 1. The standard InChI is InChI=1S/C13H14F2N2OS/c1-3-13(2,8-16)11(18)17-9-4-6-10(7-5-9)19-12(14)15/h4-7,12H,3H2,1-2H3,(H,17,18). The van der Waals surface area contributed by atoms with Gasteiger partial charge in [0.05, 0.1) is 6.07 Å². The van der Waals surface area contributed by atoms with E-state index in [1.165, 1.54) is 24.3 Å². The van der Waals surface area contributed by atoms with Crippen LogP contribution in [0.5, 0.6) is 0 Å². The predicted molar refractivity (Wildman–Crippen MR) is 70.9 cm³/mol. The Morgan fingerprint density at radius 2 is 2.05 bits per heavy atom. The Hall–Kier alpha value is -1.61. The van der Waals surface area contributed by atoms with Gasteiger partial charge < -0.3 is 5.32 Å². The number of anilines is 1. The van der Waals surface area contributed by atoms with Crippen LogP contribution in [0.3, 0.4) is 0 Å². The van der Waals surface area contributed by atoms with Crippen molar-refractivity contribution in [2.24, 2.45) is 5.41 Å². The molecule has 1 aromatic carbocycles. The van der Waals surface area contributed by atoms with Crippen LogP contribution < -0.4 is 5.32 Å². The molecule has 1 amide bonds. The Labute approximate surface area is 115 Å². The summed E-state index contributed by atoms with van der Waals surface area (Å²) in [5.74, 6) is -2.87. The summed E-state index contributed by atoms with van der Waals surface area (Å²) in [6.07, 6.45) is 0.397. The molecule has 0 fully saturated rings. The number of alkyl halides is 2. The maximum Gasteiger partial charge on any atom is 0.288 e. The average molecular weight is 284 g/mol. The van der Waals surface area contributed by atoms with Crippen molar-refractivity contribution >= 4 is 23.4 Å². The fourth-order valence-electron chi connectivity index (χ4n) is 1.28. The fraction of sp³-hybridized carbons (Fsp3) is 0.385. The predicted octanol–water partition coefficient (Wildman–Crippen LogP) is 3.88. The van der Waals surface area contributed by atoms with Crippen LogP contribution in [0.15, 0.2) is 29.2 Å². The molecule has 0 spiro atoms. The molecule has 6 heteroatoms. The van der Waals surface area contributed by atoms with Gasteiger partial charge in [0.25, 0.3) is 5.76 Å². The highest BCUT2D eigenvalue weighted by Crippen LogP contribution is 2.27. The number of carbonyl (C=O) groups is 1.